The second-order valence-corrected chi connectivity index (χ2v) is 29.4. The molecule has 0 saturated carbocycles. The molecule has 0 atom stereocenters. The fourth-order valence-corrected chi connectivity index (χ4v) is 18.0. The van der Waals surface area contributed by atoms with Crippen LogP contribution in [-0.4, -0.2) is 20.9 Å². The quantitative estimate of drug-likeness (QED) is 0.135. The molecule has 31 rings (SSSR count). The highest BCUT2D eigenvalue weighted by Gasteiger charge is 2.56. The van der Waals surface area contributed by atoms with E-state index in [1.807, 2.05) is 109 Å². The molecule has 15 heteroatoms. The van der Waals surface area contributed by atoms with Crippen LogP contribution in [0.15, 0.2) is 328 Å². The standard InChI is InChI=1S/C96H54B3O12/c1-7-19-73-67(13-1)49-79-91-85(73)61-37-25-55(26-38-61)56-27-39-63(40-28-56)87-75-21-9-3-15-69(75)51-81-93(87)108-98(102-81)103-82-52-70-16-5-11-23-77(70)89(94(82)109-98)65-45-33-59(34-46-65)60-35-47-66(48-36-60)90-78-24-12-6-18-72(78)54-84-96(90)111-99(105-84)104-83-53-71-17-4-10-22-76(71)88(95(83)110-99)64-43-31-58(32-44-64)57-29-41-62(42-30-57)86-74-20-8-2-14-68(74)50-80-92(86)107-97(100-79,101-80)106-91/h1-54H/q-3. The Kier molecular flexibility index (Phi) is 12.1. The molecule has 21 bridgehead atoms. The third-order valence-corrected chi connectivity index (χ3v) is 23.0. The fourth-order valence-electron chi connectivity index (χ4n) is 18.0. The molecular weight excluding hydrogens is 1380 g/mol. The fraction of sp³-hybridized carbons (Fsp3) is 0. The van der Waals surface area contributed by atoms with E-state index in [-0.39, 0.29) is 0 Å². The Labute approximate surface area is 634 Å². The van der Waals surface area contributed by atoms with Gasteiger partial charge in [0.1, 0.15) is 69.0 Å². The molecule has 13 aliphatic heterocycles. The normalized spacial score (nSPS) is 17.6. The van der Waals surface area contributed by atoms with Crippen LogP contribution in [-0.2, 0) is 0 Å². The van der Waals surface area contributed by atoms with Crippen LogP contribution in [0.25, 0.3) is 165 Å². The van der Waals surface area contributed by atoms with Crippen molar-refractivity contribution >= 4 is 85.5 Å². The van der Waals surface area contributed by atoms with Gasteiger partial charge in [-0.3, -0.25) is 0 Å². The molecule has 12 nitrogen and oxygen atoms in total. The van der Waals surface area contributed by atoms with E-state index in [9.17, 15) is 0 Å². The summed E-state index contributed by atoms with van der Waals surface area (Å²) in [4.78, 5) is 0. The van der Waals surface area contributed by atoms with Gasteiger partial charge in [-0.15, -0.1) is 0 Å². The minimum absolute atomic E-state index is 0.520. The SMILES string of the molecule is c1ccc2c3c4c(cc2c1)O[B-]1(Oc2cc5ccccc5c(c2O1)-c1ccc(cc1)-c1ccc(cc1)-c1c2c(cc5ccccc15)O[B-]1(Oc5cc6ccccc6c(c5O1)-c1ccc(cc1)-c1ccc(cc1)-c1c5c(cc6ccccc16)O[B-]1(Oc6cc7ccccc7c(c6O1)-c1ccc(cc1)-c1ccc-3cc1)O5)O2)O4. The van der Waals surface area contributed by atoms with Crippen molar-refractivity contribution in [2.45, 2.75) is 0 Å². The van der Waals surface area contributed by atoms with E-state index in [2.05, 4.69) is 218 Å². The van der Waals surface area contributed by atoms with Gasteiger partial charge in [0, 0.05) is 33.4 Å². The minimum Gasteiger partial charge on any atom is -0.609 e. The van der Waals surface area contributed by atoms with E-state index in [0.717, 1.165) is 165 Å². The van der Waals surface area contributed by atoms with Gasteiger partial charge < -0.3 is 55.9 Å². The summed E-state index contributed by atoms with van der Waals surface area (Å²) in [5.41, 5.74) is 16.9. The number of benzene rings is 18. The van der Waals surface area contributed by atoms with Crippen molar-refractivity contribution in [3.05, 3.63) is 328 Å². The summed E-state index contributed by atoms with van der Waals surface area (Å²) in [7, 11) is 0. The average molecular weight is 1430 g/mol. The summed E-state index contributed by atoms with van der Waals surface area (Å²) >= 11 is 0. The molecule has 3 spiro atoms. The largest absolute Gasteiger partial charge is 0.777 e. The van der Waals surface area contributed by atoms with Crippen LogP contribution in [0.1, 0.15) is 0 Å². The second kappa shape index (κ2) is 22.2. The number of hydrogen-bond acceptors (Lipinski definition) is 12. The molecule has 0 N–H and O–H groups in total. The first-order valence-electron chi connectivity index (χ1n) is 37.4. The maximum Gasteiger partial charge on any atom is 0.777 e. The highest BCUT2D eigenvalue weighted by molar-refractivity contribution is 6.61. The van der Waals surface area contributed by atoms with Crippen LogP contribution < -0.4 is 55.9 Å². The van der Waals surface area contributed by atoms with Gasteiger partial charge in [0.15, 0.2) is 0 Å². The summed E-state index contributed by atoms with van der Waals surface area (Å²) in [5.74, 6) is 6.32. The molecule has 13 aliphatic rings. The Morgan fingerprint density at radius 3 is 0.423 bits per heavy atom. The Morgan fingerprint density at radius 1 is 0.135 bits per heavy atom. The Hall–Kier alpha value is -14.7. The third kappa shape index (κ3) is 9.02. The van der Waals surface area contributed by atoms with Crippen LogP contribution in [0.3, 0.4) is 0 Å². The van der Waals surface area contributed by atoms with Gasteiger partial charge >= 0.3 is 20.9 Å². The predicted octanol–water partition coefficient (Wildman–Crippen LogP) is 24.0. The van der Waals surface area contributed by atoms with Crippen molar-refractivity contribution in [1.29, 1.82) is 0 Å². The molecule has 111 heavy (non-hydrogen) atoms. The van der Waals surface area contributed by atoms with Crippen LogP contribution in [0, 0.1) is 0 Å². The Balaban J connectivity index is 0.616. The summed E-state index contributed by atoms with van der Waals surface area (Å²) in [6.07, 6.45) is 0. The monoisotopic (exact) mass is 1430 g/mol. The molecule has 0 fully saturated rings. The summed E-state index contributed by atoms with van der Waals surface area (Å²) in [6.45, 7) is -8.65. The molecule has 0 aromatic heterocycles. The smallest absolute Gasteiger partial charge is 0.609 e. The molecule has 522 valence electrons. The first-order valence-corrected chi connectivity index (χ1v) is 37.4. The highest BCUT2D eigenvalue weighted by Crippen LogP contribution is 2.60. The number of rotatable bonds is 0. The lowest BCUT2D eigenvalue weighted by molar-refractivity contribution is 0.223. The molecule has 13 heterocycles. The molecule has 0 aliphatic carbocycles. The molecule has 18 aromatic rings. The Bertz CT molecular complexity index is 6030. The zero-order valence-corrected chi connectivity index (χ0v) is 58.8. The highest BCUT2D eigenvalue weighted by atomic mass is 16.9. The average Bonchev–Trinajstić information content (AvgIpc) is 1.57. The van der Waals surface area contributed by atoms with Gasteiger partial charge in [0.25, 0.3) is 0 Å². The maximum atomic E-state index is 7.04. The molecule has 0 amide bonds. The van der Waals surface area contributed by atoms with Crippen LogP contribution in [0.5, 0.6) is 69.0 Å². The summed E-state index contributed by atoms with van der Waals surface area (Å²) in [5, 5.41) is 11.8. The first kappa shape index (κ1) is 60.4. The van der Waals surface area contributed by atoms with Gasteiger partial charge in [-0.25, -0.2) is 0 Å². The first-order chi connectivity index (χ1) is 54.7. The van der Waals surface area contributed by atoms with Gasteiger partial charge in [-0.2, -0.15) is 0 Å². The van der Waals surface area contributed by atoms with E-state index in [4.69, 9.17) is 55.9 Å². The van der Waals surface area contributed by atoms with E-state index < -0.39 is 20.9 Å². The molecule has 0 radical (unpaired) electrons. The molecule has 0 unspecified atom stereocenters. The Morgan fingerprint density at radius 2 is 0.270 bits per heavy atom. The van der Waals surface area contributed by atoms with Crippen LogP contribution in [0.2, 0.25) is 0 Å². The topological polar surface area (TPSA) is 111 Å². The number of fused-ring (bicyclic) bond motifs is 12. The summed E-state index contributed by atoms with van der Waals surface area (Å²) < 4.78 is 83.5. The zero-order chi connectivity index (χ0) is 72.4. The van der Waals surface area contributed by atoms with E-state index in [1.54, 1.807) is 0 Å². The maximum absolute atomic E-state index is 7.04. The van der Waals surface area contributed by atoms with Crippen LogP contribution in [0.4, 0.5) is 0 Å². The lowest BCUT2D eigenvalue weighted by Crippen LogP contribution is -2.54. The molecular formula is C96H54B3O12-3. The van der Waals surface area contributed by atoms with E-state index in [1.165, 1.54) is 0 Å². The van der Waals surface area contributed by atoms with Crippen molar-refractivity contribution < 1.29 is 55.9 Å². The van der Waals surface area contributed by atoms with Crippen molar-refractivity contribution in [1.82, 2.24) is 0 Å². The van der Waals surface area contributed by atoms with Gasteiger partial charge in [0.2, 0.25) is 0 Å². The summed E-state index contributed by atoms with van der Waals surface area (Å²) in [6, 6.07) is 113. The van der Waals surface area contributed by atoms with Crippen molar-refractivity contribution in [3.8, 4) is 169 Å². The lowest BCUT2D eigenvalue weighted by atomic mass is 9.93. The zero-order valence-electron chi connectivity index (χ0n) is 58.8. The van der Waals surface area contributed by atoms with Gasteiger partial charge in [-0.1, -0.05) is 291 Å². The predicted molar refractivity (Wildman–Crippen MR) is 438 cm³/mol. The van der Waals surface area contributed by atoms with Crippen molar-refractivity contribution in [3.63, 3.8) is 0 Å². The lowest BCUT2D eigenvalue weighted by Gasteiger charge is -2.28. The van der Waals surface area contributed by atoms with Crippen LogP contribution >= 0.6 is 0 Å². The second-order valence-electron chi connectivity index (χ2n) is 29.4. The van der Waals surface area contributed by atoms with Gasteiger partial charge in [-0.05, 0) is 168 Å². The van der Waals surface area contributed by atoms with E-state index >= 15 is 0 Å². The number of hydrogen-bond donors (Lipinski definition) is 0. The third-order valence-electron chi connectivity index (χ3n) is 23.0. The van der Waals surface area contributed by atoms with Crippen molar-refractivity contribution in [2.24, 2.45) is 0 Å². The van der Waals surface area contributed by atoms with Gasteiger partial charge in [0.05, 0.1) is 0 Å². The van der Waals surface area contributed by atoms with E-state index in [0.29, 0.717) is 69.0 Å². The van der Waals surface area contributed by atoms with Crippen molar-refractivity contribution in [2.75, 3.05) is 0 Å². The minimum atomic E-state index is -2.88. The molecule has 18 aromatic carbocycles. The molecule has 0 saturated heterocycles.